The molecule has 0 aromatic rings. The summed E-state index contributed by atoms with van der Waals surface area (Å²) in [5, 5.41) is 0. The fraction of sp³-hybridized carbons (Fsp3) is 0. The summed E-state index contributed by atoms with van der Waals surface area (Å²) in [5.74, 6) is 0. The Morgan fingerprint density at radius 1 is 0.750 bits per heavy atom. The molecule has 0 radical (unpaired) electrons. The minimum Gasteiger partial charge on any atom is -0.870 e. The van der Waals surface area contributed by atoms with Crippen LogP contribution in [0.1, 0.15) is 0 Å². The molecule has 0 aromatic heterocycles. The molecule has 0 aliphatic carbocycles. The van der Waals surface area contributed by atoms with E-state index in [4.69, 9.17) is 0 Å². The van der Waals surface area contributed by atoms with Gasteiger partial charge in [-0.3, -0.25) is 0 Å². The molecule has 0 unspecified atom stereocenters. The summed E-state index contributed by atoms with van der Waals surface area (Å²) in [6.45, 7) is 0. The molecule has 0 fully saturated rings. The maximum atomic E-state index is 0. The number of hydrogen-bond acceptors (Lipinski definition) is 2. The van der Waals surface area contributed by atoms with Gasteiger partial charge in [-0.1, -0.05) is 0 Å². The van der Waals surface area contributed by atoms with E-state index in [1.54, 1.807) is 0 Å². The van der Waals surface area contributed by atoms with Crippen molar-refractivity contribution in [1.82, 2.24) is 0 Å². The molecule has 0 aliphatic heterocycles. The average Bonchev–Trinajstić information content (AvgIpc) is 0. The molecule has 0 saturated carbocycles. The Balaban J connectivity index is 0. The van der Waals surface area contributed by atoms with Crippen LogP contribution in [0.5, 0.6) is 0 Å². The first-order chi connectivity index (χ1) is 0. The molecule has 0 rings (SSSR count). The summed E-state index contributed by atoms with van der Waals surface area (Å²) in [7, 11) is 0. The molecule has 0 saturated heterocycles. The molecule has 0 aliphatic rings. The van der Waals surface area contributed by atoms with Crippen LogP contribution in [-0.4, -0.2) is 11.0 Å². The zero-order valence-corrected chi connectivity index (χ0v) is 5.91. The largest absolute Gasteiger partial charge is 4.00 e. The molecule has 0 aromatic carbocycles. The predicted octanol–water partition coefficient (Wildman–Crippen LogP) is -0.359. The topological polar surface area (TPSA) is 60.0 Å². The molecule has 0 heterocycles. The van der Waals surface area contributed by atoms with Crippen LogP contribution in [0.4, 0.5) is 0 Å². The van der Waals surface area contributed by atoms with E-state index in [9.17, 15) is 0 Å². The maximum absolute atomic E-state index is 0. The van der Waals surface area contributed by atoms with Gasteiger partial charge in [0.25, 0.3) is 0 Å². The Morgan fingerprint density at radius 2 is 0.750 bits per heavy atom. The van der Waals surface area contributed by atoms with Crippen molar-refractivity contribution in [2.45, 2.75) is 0 Å². The van der Waals surface area contributed by atoms with Gasteiger partial charge in [0.15, 0.2) is 0 Å². The Hall–Kier alpha value is 1.52. The third-order valence-electron chi connectivity index (χ3n) is 0. The molecule has 4 heteroatoms. The summed E-state index contributed by atoms with van der Waals surface area (Å²) in [6, 6.07) is 0. The molecular weight excluding hydrogens is 171 g/mol. The zero-order chi connectivity index (χ0) is 0. The van der Waals surface area contributed by atoms with E-state index in [0.29, 0.717) is 0 Å². The van der Waals surface area contributed by atoms with Gasteiger partial charge in [0.05, 0.1) is 0 Å². The third kappa shape index (κ3) is 9.68. The molecule has 0 atom stereocenters. The standard InChI is InChI=1S/2H2O.Ti.Zr/h2*1H2;;/q;;2*+4/p-2. The van der Waals surface area contributed by atoms with E-state index in [1.807, 2.05) is 0 Å². The molecule has 16 valence electrons. The van der Waals surface area contributed by atoms with Crippen LogP contribution in [0, 0.1) is 0 Å². The van der Waals surface area contributed by atoms with Crippen molar-refractivity contribution in [1.29, 1.82) is 0 Å². The second kappa shape index (κ2) is 24.3. The first-order valence-corrected chi connectivity index (χ1v) is 0. The van der Waals surface area contributed by atoms with Crippen LogP contribution >= 0.6 is 0 Å². The van der Waals surface area contributed by atoms with E-state index in [1.165, 1.54) is 0 Å². The minimum absolute atomic E-state index is 0. The van der Waals surface area contributed by atoms with E-state index >= 15 is 0 Å². The summed E-state index contributed by atoms with van der Waals surface area (Å²) in [6.07, 6.45) is 0. The normalized spacial score (nSPS) is 0. The van der Waals surface area contributed by atoms with Crippen molar-refractivity contribution in [2.24, 2.45) is 0 Å². The van der Waals surface area contributed by atoms with Gasteiger partial charge in [-0.05, 0) is 0 Å². The SMILES string of the molecule is [OH-].[OH-].[Ti+4].[Zr+4]. The van der Waals surface area contributed by atoms with Crippen LogP contribution < -0.4 is 0 Å². The molecule has 0 bridgehead atoms. The summed E-state index contributed by atoms with van der Waals surface area (Å²) >= 11 is 0. The average molecular weight is 173 g/mol. The van der Waals surface area contributed by atoms with Gasteiger partial charge in [-0.2, -0.15) is 0 Å². The second-order valence-corrected chi connectivity index (χ2v) is 0. The van der Waals surface area contributed by atoms with Crippen molar-refractivity contribution in [3.05, 3.63) is 0 Å². The van der Waals surface area contributed by atoms with E-state index in [0.717, 1.165) is 0 Å². The molecule has 4 heavy (non-hydrogen) atoms. The first-order valence-electron chi connectivity index (χ1n) is 0. The van der Waals surface area contributed by atoms with Crippen LogP contribution in [-0.2, 0) is 47.9 Å². The van der Waals surface area contributed by atoms with Gasteiger partial charge >= 0.3 is 47.9 Å². The van der Waals surface area contributed by atoms with Crippen LogP contribution in [0.2, 0.25) is 0 Å². The molecule has 2 N–H and O–H groups in total. The molecule has 0 amide bonds. The zero-order valence-electron chi connectivity index (χ0n) is 1.89. The van der Waals surface area contributed by atoms with Crippen LogP contribution in [0.25, 0.3) is 0 Å². The Labute approximate surface area is 58.6 Å². The van der Waals surface area contributed by atoms with Gasteiger partial charge in [0.2, 0.25) is 0 Å². The Bertz CT molecular complexity index is 6.00. The van der Waals surface area contributed by atoms with Crippen molar-refractivity contribution in [2.75, 3.05) is 0 Å². The minimum atomic E-state index is 0. The summed E-state index contributed by atoms with van der Waals surface area (Å²) < 4.78 is 0. The Kier molecular flexibility index (Phi) is 297. The number of rotatable bonds is 0. The van der Waals surface area contributed by atoms with E-state index in [2.05, 4.69) is 0 Å². The van der Waals surface area contributed by atoms with Crippen LogP contribution in [0.15, 0.2) is 0 Å². The monoisotopic (exact) mass is 172 g/mol. The number of hydrogen-bond donors (Lipinski definition) is 0. The van der Waals surface area contributed by atoms with Gasteiger partial charge in [0, 0.05) is 0 Å². The summed E-state index contributed by atoms with van der Waals surface area (Å²) in [5.41, 5.74) is 0. The van der Waals surface area contributed by atoms with Crippen molar-refractivity contribution in [3.8, 4) is 0 Å². The van der Waals surface area contributed by atoms with Gasteiger partial charge < -0.3 is 11.0 Å². The smallest absolute Gasteiger partial charge is 0.870 e. The molecule has 0 spiro atoms. The second-order valence-electron chi connectivity index (χ2n) is 0. The molecular formula is H2O2TiZr+6. The maximum Gasteiger partial charge on any atom is 4.00 e. The van der Waals surface area contributed by atoms with Crippen LogP contribution in [0.3, 0.4) is 0 Å². The molecule has 2 nitrogen and oxygen atoms in total. The first kappa shape index (κ1) is 48.9. The van der Waals surface area contributed by atoms with E-state index < -0.39 is 0 Å². The fourth-order valence-electron chi connectivity index (χ4n) is 0. The van der Waals surface area contributed by atoms with E-state index in [-0.39, 0.29) is 58.9 Å². The quantitative estimate of drug-likeness (QED) is 0.469. The van der Waals surface area contributed by atoms with Crippen molar-refractivity contribution >= 4 is 0 Å². The van der Waals surface area contributed by atoms with Crippen molar-refractivity contribution < 1.29 is 58.9 Å². The third-order valence-corrected chi connectivity index (χ3v) is 0. The summed E-state index contributed by atoms with van der Waals surface area (Å²) in [4.78, 5) is 0. The van der Waals surface area contributed by atoms with Gasteiger partial charge in [-0.25, -0.2) is 0 Å². The van der Waals surface area contributed by atoms with Crippen molar-refractivity contribution in [3.63, 3.8) is 0 Å². The Morgan fingerprint density at radius 3 is 0.750 bits per heavy atom. The fourth-order valence-corrected chi connectivity index (χ4v) is 0. The van der Waals surface area contributed by atoms with Gasteiger partial charge in [-0.15, -0.1) is 0 Å². The van der Waals surface area contributed by atoms with Gasteiger partial charge in [0.1, 0.15) is 0 Å². The predicted molar refractivity (Wildman–Crippen MR) is 3.87 cm³/mol.